The summed E-state index contributed by atoms with van der Waals surface area (Å²) in [5, 5.41) is 15.3. The van der Waals surface area contributed by atoms with E-state index in [1.54, 1.807) is 6.92 Å². The molecule has 0 saturated carbocycles. The van der Waals surface area contributed by atoms with Crippen molar-refractivity contribution < 1.29 is 5.11 Å². The van der Waals surface area contributed by atoms with Crippen LogP contribution in [0, 0.1) is 0 Å². The molecule has 0 aliphatic carbocycles. The standard InChI is InChI=1S/C17H19N3O.ClH/c1-12(21)11-16(13-7-3-2-4-8-13)20-15-10-6-5-9-14(15)17(18)19-20;/h2-10,12,16,21H,11H2,1H3,(H2,18,19);1H. The molecule has 116 valence electrons. The molecule has 0 bridgehead atoms. The highest BCUT2D eigenvalue weighted by atomic mass is 35.5. The number of fused-ring (bicyclic) bond motifs is 1. The van der Waals surface area contributed by atoms with Gasteiger partial charge in [-0.3, -0.25) is 4.68 Å². The van der Waals surface area contributed by atoms with Crippen molar-refractivity contribution in [2.45, 2.75) is 25.5 Å². The molecule has 3 rings (SSSR count). The lowest BCUT2D eigenvalue weighted by atomic mass is 10.0. The van der Waals surface area contributed by atoms with E-state index in [9.17, 15) is 5.11 Å². The van der Waals surface area contributed by atoms with Crippen molar-refractivity contribution in [3.05, 3.63) is 60.2 Å². The number of rotatable bonds is 4. The number of para-hydroxylation sites is 1. The molecule has 1 heterocycles. The summed E-state index contributed by atoms with van der Waals surface area (Å²) in [6, 6.07) is 18.0. The predicted octanol–water partition coefficient (Wildman–Crippen LogP) is 3.40. The second-order valence-electron chi connectivity index (χ2n) is 5.36. The van der Waals surface area contributed by atoms with Crippen molar-refractivity contribution in [1.82, 2.24) is 9.78 Å². The van der Waals surface area contributed by atoms with Crippen LogP contribution < -0.4 is 5.73 Å². The van der Waals surface area contributed by atoms with Gasteiger partial charge in [0.2, 0.25) is 0 Å². The molecule has 22 heavy (non-hydrogen) atoms. The molecule has 1 aromatic heterocycles. The summed E-state index contributed by atoms with van der Waals surface area (Å²) in [7, 11) is 0. The second-order valence-corrected chi connectivity index (χ2v) is 5.36. The number of hydrogen-bond donors (Lipinski definition) is 2. The Morgan fingerprint density at radius 2 is 1.73 bits per heavy atom. The van der Waals surface area contributed by atoms with Gasteiger partial charge in [-0.15, -0.1) is 12.4 Å². The fourth-order valence-corrected chi connectivity index (χ4v) is 2.73. The molecule has 0 fully saturated rings. The molecule has 0 radical (unpaired) electrons. The molecular weight excluding hydrogens is 298 g/mol. The number of aliphatic hydroxyl groups excluding tert-OH is 1. The van der Waals surface area contributed by atoms with Gasteiger partial charge in [-0.2, -0.15) is 5.10 Å². The zero-order valence-electron chi connectivity index (χ0n) is 12.4. The van der Waals surface area contributed by atoms with Crippen molar-refractivity contribution >= 4 is 29.1 Å². The maximum Gasteiger partial charge on any atom is 0.153 e. The van der Waals surface area contributed by atoms with Crippen molar-refractivity contribution in [1.29, 1.82) is 0 Å². The normalized spacial score (nSPS) is 13.5. The van der Waals surface area contributed by atoms with E-state index in [0.29, 0.717) is 12.2 Å². The van der Waals surface area contributed by atoms with Gasteiger partial charge in [0, 0.05) is 5.39 Å². The summed E-state index contributed by atoms with van der Waals surface area (Å²) in [5.41, 5.74) is 8.14. The third-order valence-corrected chi connectivity index (χ3v) is 3.69. The fourth-order valence-electron chi connectivity index (χ4n) is 2.73. The maximum atomic E-state index is 9.85. The number of nitrogens with zero attached hydrogens (tertiary/aromatic N) is 2. The van der Waals surface area contributed by atoms with Crippen LogP contribution in [0.25, 0.3) is 10.9 Å². The summed E-state index contributed by atoms with van der Waals surface area (Å²) in [4.78, 5) is 0. The van der Waals surface area contributed by atoms with Gasteiger partial charge in [0.25, 0.3) is 0 Å². The first-order valence-electron chi connectivity index (χ1n) is 7.12. The highest BCUT2D eigenvalue weighted by molar-refractivity contribution is 5.89. The number of halogens is 1. The van der Waals surface area contributed by atoms with Gasteiger partial charge in [-0.05, 0) is 31.0 Å². The van der Waals surface area contributed by atoms with Crippen molar-refractivity contribution in [2.24, 2.45) is 0 Å². The van der Waals surface area contributed by atoms with Gasteiger partial charge >= 0.3 is 0 Å². The summed E-state index contributed by atoms with van der Waals surface area (Å²) >= 11 is 0. The number of aromatic nitrogens is 2. The van der Waals surface area contributed by atoms with E-state index in [2.05, 4.69) is 17.2 Å². The Kier molecular flexibility index (Phi) is 5.06. The number of anilines is 1. The van der Waals surface area contributed by atoms with Crippen molar-refractivity contribution in [3.8, 4) is 0 Å². The van der Waals surface area contributed by atoms with Crippen LogP contribution in [0.3, 0.4) is 0 Å². The van der Waals surface area contributed by atoms with Crippen LogP contribution >= 0.6 is 12.4 Å². The molecular formula is C17H20ClN3O. The van der Waals surface area contributed by atoms with Gasteiger partial charge in [0.1, 0.15) is 0 Å². The molecule has 2 aromatic carbocycles. The van der Waals surface area contributed by atoms with E-state index in [1.807, 2.05) is 47.1 Å². The maximum absolute atomic E-state index is 9.85. The number of nitrogens with two attached hydrogens (primary N) is 1. The van der Waals surface area contributed by atoms with Gasteiger partial charge in [-0.25, -0.2) is 0 Å². The van der Waals surface area contributed by atoms with Gasteiger partial charge < -0.3 is 10.8 Å². The Morgan fingerprint density at radius 3 is 2.41 bits per heavy atom. The van der Waals surface area contributed by atoms with Crippen molar-refractivity contribution in [3.63, 3.8) is 0 Å². The average molecular weight is 318 g/mol. The van der Waals surface area contributed by atoms with Crippen LogP contribution in [0.15, 0.2) is 54.6 Å². The monoisotopic (exact) mass is 317 g/mol. The largest absolute Gasteiger partial charge is 0.393 e. The molecule has 0 aliphatic rings. The van der Waals surface area contributed by atoms with Gasteiger partial charge in [0.05, 0.1) is 17.7 Å². The minimum absolute atomic E-state index is 0. The van der Waals surface area contributed by atoms with Crippen LogP contribution in [-0.2, 0) is 0 Å². The first-order chi connectivity index (χ1) is 10.2. The highest BCUT2D eigenvalue weighted by Crippen LogP contribution is 2.29. The van der Waals surface area contributed by atoms with Gasteiger partial charge in [-0.1, -0.05) is 42.5 Å². The zero-order valence-corrected chi connectivity index (χ0v) is 13.2. The molecule has 3 aromatic rings. The van der Waals surface area contributed by atoms with Gasteiger partial charge in [0.15, 0.2) is 5.82 Å². The molecule has 2 atom stereocenters. The van der Waals surface area contributed by atoms with E-state index in [1.165, 1.54) is 0 Å². The number of nitrogen functional groups attached to an aromatic ring is 1. The Balaban J connectivity index is 0.00000176. The Hall–Kier alpha value is -2.04. The van der Waals surface area contributed by atoms with E-state index in [4.69, 9.17) is 5.73 Å². The minimum atomic E-state index is -0.417. The van der Waals surface area contributed by atoms with Crippen LogP contribution in [0.1, 0.15) is 24.9 Å². The molecule has 5 heteroatoms. The van der Waals surface area contributed by atoms with Crippen LogP contribution in [0.4, 0.5) is 5.82 Å². The Labute approximate surface area is 136 Å². The molecule has 0 aliphatic heterocycles. The first-order valence-corrected chi connectivity index (χ1v) is 7.12. The topological polar surface area (TPSA) is 64.1 Å². The average Bonchev–Trinajstić information content (AvgIpc) is 2.83. The van der Waals surface area contributed by atoms with Crippen LogP contribution in [0.5, 0.6) is 0 Å². The smallest absolute Gasteiger partial charge is 0.153 e. The molecule has 2 unspecified atom stereocenters. The molecule has 0 spiro atoms. The molecule has 0 saturated heterocycles. The lowest BCUT2D eigenvalue weighted by molar-refractivity contribution is 0.167. The van der Waals surface area contributed by atoms with E-state index in [0.717, 1.165) is 16.5 Å². The van der Waals surface area contributed by atoms with E-state index in [-0.39, 0.29) is 18.4 Å². The van der Waals surface area contributed by atoms with Crippen LogP contribution in [0.2, 0.25) is 0 Å². The minimum Gasteiger partial charge on any atom is -0.393 e. The fraction of sp³-hybridized carbons (Fsp3) is 0.235. The molecule has 0 amide bonds. The SMILES string of the molecule is CC(O)CC(c1ccccc1)n1nc(N)c2ccccc21.Cl. The quantitative estimate of drug-likeness (QED) is 0.775. The van der Waals surface area contributed by atoms with Crippen LogP contribution in [-0.4, -0.2) is 21.0 Å². The highest BCUT2D eigenvalue weighted by Gasteiger charge is 2.20. The Morgan fingerprint density at radius 1 is 1.09 bits per heavy atom. The lowest BCUT2D eigenvalue weighted by Crippen LogP contribution is -2.17. The number of hydrogen-bond acceptors (Lipinski definition) is 3. The number of benzene rings is 2. The Bertz CT molecular complexity index is 740. The molecule has 4 nitrogen and oxygen atoms in total. The van der Waals surface area contributed by atoms with Crippen molar-refractivity contribution in [2.75, 3.05) is 5.73 Å². The number of aliphatic hydroxyl groups is 1. The third-order valence-electron chi connectivity index (χ3n) is 3.69. The summed E-state index contributed by atoms with van der Waals surface area (Å²) in [5.74, 6) is 0.525. The molecule has 3 N–H and O–H groups in total. The van der Waals surface area contributed by atoms with E-state index >= 15 is 0 Å². The predicted molar refractivity (Wildman–Crippen MR) is 92.3 cm³/mol. The second kappa shape index (κ2) is 6.81. The summed E-state index contributed by atoms with van der Waals surface area (Å²) < 4.78 is 1.92. The lowest BCUT2D eigenvalue weighted by Gasteiger charge is -2.20. The summed E-state index contributed by atoms with van der Waals surface area (Å²) in [6.07, 6.45) is 0.175. The first kappa shape index (κ1) is 16.3. The zero-order chi connectivity index (χ0) is 14.8. The third kappa shape index (κ3) is 3.08. The van der Waals surface area contributed by atoms with E-state index < -0.39 is 6.10 Å². The summed E-state index contributed by atoms with van der Waals surface area (Å²) in [6.45, 7) is 1.80.